The van der Waals surface area contributed by atoms with E-state index in [1.165, 1.54) is 6.39 Å². The zero-order valence-electron chi connectivity index (χ0n) is 16.6. The second-order valence-electron chi connectivity index (χ2n) is 6.81. The van der Waals surface area contributed by atoms with Crippen molar-refractivity contribution in [3.63, 3.8) is 0 Å². The minimum Gasteiger partial charge on any atom is -0.496 e. The van der Waals surface area contributed by atoms with E-state index in [0.29, 0.717) is 17.3 Å². The van der Waals surface area contributed by atoms with Crippen molar-refractivity contribution in [1.82, 2.24) is 19.9 Å². The first kappa shape index (κ1) is 18.6. The van der Waals surface area contributed by atoms with Crippen molar-refractivity contribution in [1.29, 1.82) is 0 Å². The lowest BCUT2D eigenvalue weighted by molar-refractivity contribution is 0.415. The number of oxazole rings is 1. The Morgan fingerprint density at radius 1 is 0.968 bits per heavy atom. The maximum absolute atomic E-state index is 5.87. The van der Waals surface area contributed by atoms with E-state index in [1.54, 1.807) is 25.7 Å². The van der Waals surface area contributed by atoms with Crippen molar-refractivity contribution >= 4 is 28.4 Å². The lowest BCUT2D eigenvalue weighted by atomic mass is 10.0. The second-order valence-corrected chi connectivity index (χ2v) is 6.81. The maximum atomic E-state index is 5.87. The molecule has 0 spiro atoms. The summed E-state index contributed by atoms with van der Waals surface area (Å²) >= 11 is 0. The number of hydrogen-bond donors (Lipinski definition) is 2. The fourth-order valence-corrected chi connectivity index (χ4v) is 3.39. The van der Waals surface area contributed by atoms with Gasteiger partial charge in [0.25, 0.3) is 0 Å². The molecule has 3 aromatic heterocycles. The van der Waals surface area contributed by atoms with Gasteiger partial charge < -0.3 is 20.2 Å². The average molecular weight is 410 g/mol. The van der Waals surface area contributed by atoms with Crippen LogP contribution in [0.15, 0.2) is 77.9 Å². The molecular formula is C23H18N6O2. The van der Waals surface area contributed by atoms with Gasteiger partial charge in [0.2, 0.25) is 5.95 Å². The number of fused-ring (bicyclic) bond motifs is 1. The van der Waals surface area contributed by atoms with E-state index in [9.17, 15) is 0 Å². The monoisotopic (exact) mass is 410 g/mol. The van der Waals surface area contributed by atoms with Crippen LogP contribution >= 0.6 is 0 Å². The van der Waals surface area contributed by atoms with E-state index in [4.69, 9.17) is 14.9 Å². The number of aromatic nitrogens is 4. The number of nitrogens with zero attached hydrogens (tertiary/aromatic N) is 4. The molecule has 8 heteroatoms. The molecule has 2 aromatic carbocycles. The van der Waals surface area contributed by atoms with E-state index < -0.39 is 0 Å². The Bertz CT molecular complexity index is 1370. The van der Waals surface area contributed by atoms with Crippen LogP contribution in [0.25, 0.3) is 33.4 Å². The Morgan fingerprint density at radius 3 is 2.71 bits per heavy atom. The minimum absolute atomic E-state index is 0.172. The summed E-state index contributed by atoms with van der Waals surface area (Å²) in [5, 5.41) is 4.34. The summed E-state index contributed by atoms with van der Waals surface area (Å²) in [6, 6.07) is 15.7. The molecule has 0 bridgehead atoms. The van der Waals surface area contributed by atoms with Gasteiger partial charge in [0.1, 0.15) is 11.6 Å². The molecule has 0 aliphatic rings. The number of nitrogens with two attached hydrogens (primary N) is 1. The Hall–Kier alpha value is -4.46. The highest BCUT2D eigenvalue weighted by Gasteiger charge is 2.15. The van der Waals surface area contributed by atoms with Crippen LogP contribution in [-0.2, 0) is 0 Å². The highest BCUT2D eigenvalue weighted by atomic mass is 16.5. The van der Waals surface area contributed by atoms with Crippen molar-refractivity contribution in [2.75, 3.05) is 18.2 Å². The Labute approximate surface area is 177 Å². The van der Waals surface area contributed by atoms with E-state index in [1.807, 2.05) is 48.5 Å². The Kier molecular flexibility index (Phi) is 4.64. The third-order valence-electron chi connectivity index (χ3n) is 4.87. The molecule has 0 atom stereocenters. The van der Waals surface area contributed by atoms with Crippen molar-refractivity contribution in [2.45, 2.75) is 0 Å². The summed E-state index contributed by atoms with van der Waals surface area (Å²) in [5.41, 5.74) is 10.0. The maximum Gasteiger partial charge on any atom is 0.221 e. The highest BCUT2D eigenvalue weighted by molar-refractivity contribution is 5.85. The normalized spacial score (nSPS) is 10.9. The molecular weight excluding hydrogens is 392 g/mol. The van der Waals surface area contributed by atoms with Crippen LogP contribution in [0.1, 0.15) is 0 Å². The van der Waals surface area contributed by atoms with Crippen molar-refractivity contribution in [3.8, 4) is 28.2 Å². The fourth-order valence-electron chi connectivity index (χ4n) is 3.39. The van der Waals surface area contributed by atoms with Gasteiger partial charge in [-0.25, -0.2) is 9.97 Å². The largest absolute Gasteiger partial charge is 0.496 e. The lowest BCUT2D eigenvalue weighted by Gasteiger charge is -2.14. The predicted molar refractivity (Wildman–Crippen MR) is 119 cm³/mol. The molecule has 0 amide bonds. The van der Waals surface area contributed by atoms with Gasteiger partial charge in [-0.15, -0.1) is 0 Å². The summed E-state index contributed by atoms with van der Waals surface area (Å²) in [4.78, 5) is 17.1. The van der Waals surface area contributed by atoms with Crippen molar-refractivity contribution in [2.24, 2.45) is 0 Å². The van der Waals surface area contributed by atoms with Crippen LogP contribution in [0.4, 0.5) is 17.5 Å². The summed E-state index contributed by atoms with van der Waals surface area (Å²) in [6.07, 6.45) is 6.47. The van der Waals surface area contributed by atoms with Gasteiger partial charge in [0, 0.05) is 17.1 Å². The summed E-state index contributed by atoms with van der Waals surface area (Å²) in [6.45, 7) is 0. The van der Waals surface area contributed by atoms with E-state index >= 15 is 0 Å². The summed E-state index contributed by atoms with van der Waals surface area (Å²) < 4.78 is 11.0. The first-order valence-corrected chi connectivity index (χ1v) is 9.53. The van der Waals surface area contributed by atoms with Crippen molar-refractivity contribution in [3.05, 3.63) is 73.5 Å². The van der Waals surface area contributed by atoms with Crippen LogP contribution in [0, 0.1) is 0 Å². The second kappa shape index (κ2) is 7.75. The number of benzene rings is 2. The Morgan fingerprint density at radius 2 is 1.87 bits per heavy atom. The van der Waals surface area contributed by atoms with E-state index in [-0.39, 0.29) is 5.95 Å². The minimum atomic E-state index is 0.172. The lowest BCUT2D eigenvalue weighted by Crippen LogP contribution is -2.02. The molecule has 0 radical (unpaired) electrons. The molecule has 0 aliphatic carbocycles. The van der Waals surface area contributed by atoms with Gasteiger partial charge in [-0.05, 0) is 29.8 Å². The SMILES string of the molecule is COc1cc(-c2cnc(N)nc2Nc2cnc3ccccc3c2)ccc1-c1cnco1. The summed E-state index contributed by atoms with van der Waals surface area (Å²) in [7, 11) is 1.61. The molecule has 5 rings (SSSR count). The van der Waals surface area contributed by atoms with Gasteiger partial charge in [-0.1, -0.05) is 24.3 Å². The first-order valence-electron chi connectivity index (χ1n) is 9.53. The zero-order chi connectivity index (χ0) is 21.2. The number of hydrogen-bond acceptors (Lipinski definition) is 8. The molecule has 5 aromatic rings. The molecule has 3 N–H and O–H groups in total. The third kappa shape index (κ3) is 3.62. The van der Waals surface area contributed by atoms with Crippen LogP contribution < -0.4 is 15.8 Å². The van der Waals surface area contributed by atoms with Gasteiger partial charge in [-0.2, -0.15) is 4.98 Å². The number of anilines is 3. The van der Waals surface area contributed by atoms with Gasteiger partial charge in [0.15, 0.2) is 12.2 Å². The zero-order valence-corrected chi connectivity index (χ0v) is 16.6. The van der Waals surface area contributed by atoms with Gasteiger partial charge in [0.05, 0.1) is 36.3 Å². The summed E-state index contributed by atoms with van der Waals surface area (Å²) in [5.74, 6) is 2.01. The molecule has 0 fully saturated rings. The van der Waals surface area contributed by atoms with Crippen LogP contribution in [0.3, 0.4) is 0 Å². The van der Waals surface area contributed by atoms with E-state index in [0.717, 1.165) is 33.3 Å². The number of para-hydroxylation sites is 1. The number of pyridine rings is 1. The molecule has 0 unspecified atom stereocenters. The van der Waals surface area contributed by atoms with E-state index in [2.05, 4.69) is 25.3 Å². The topological polar surface area (TPSA) is 112 Å². The Balaban J connectivity index is 1.56. The molecule has 0 saturated carbocycles. The van der Waals surface area contributed by atoms with Crippen molar-refractivity contribution < 1.29 is 9.15 Å². The molecule has 8 nitrogen and oxygen atoms in total. The molecule has 31 heavy (non-hydrogen) atoms. The number of nitrogens with one attached hydrogen (secondary N) is 1. The number of methoxy groups -OCH3 is 1. The van der Waals surface area contributed by atoms with Gasteiger partial charge >= 0.3 is 0 Å². The molecule has 0 saturated heterocycles. The highest BCUT2D eigenvalue weighted by Crippen LogP contribution is 2.36. The third-order valence-corrected chi connectivity index (χ3v) is 4.87. The predicted octanol–water partition coefficient (Wildman–Crippen LogP) is 4.68. The first-order chi connectivity index (χ1) is 15.2. The van der Waals surface area contributed by atoms with Crippen LogP contribution in [0.2, 0.25) is 0 Å². The number of nitrogen functional groups attached to an aromatic ring is 1. The average Bonchev–Trinajstić information content (AvgIpc) is 3.33. The molecule has 152 valence electrons. The quantitative estimate of drug-likeness (QED) is 0.429. The standard InChI is InChI=1S/C23H18N6O2/c1-30-20-9-14(6-7-17(20)21-12-25-13-31-21)18-11-27-23(24)29-22(18)28-16-8-15-4-2-3-5-19(15)26-10-16/h2-13H,1H3,(H3,24,27,28,29). The molecule has 0 aliphatic heterocycles. The number of rotatable bonds is 5. The number of ether oxygens (including phenoxy) is 1. The van der Waals surface area contributed by atoms with Crippen LogP contribution in [-0.4, -0.2) is 27.0 Å². The fraction of sp³-hybridized carbons (Fsp3) is 0.0435. The van der Waals surface area contributed by atoms with Crippen LogP contribution in [0.5, 0.6) is 5.75 Å². The van der Waals surface area contributed by atoms with Gasteiger partial charge in [-0.3, -0.25) is 4.98 Å². The molecule has 3 heterocycles. The smallest absolute Gasteiger partial charge is 0.221 e.